The minimum atomic E-state index is -4.66. The van der Waals surface area contributed by atoms with Crippen LogP contribution >= 0.6 is 23.5 Å². The molecule has 174 valence electrons. The fourth-order valence-corrected chi connectivity index (χ4v) is 3.95. The molecule has 0 saturated heterocycles. The molecule has 0 fully saturated rings. The second kappa shape index (κ2) is 9.52. The van der Waals surface area contributed by atoms with E-state index in [2.05, 4.69) is 4.98 Å². The van der Waals surface area contributed by atoms with Crippen LogP contribution in [0.1, 0.15) is 27.0 Å². The third-order valence-electron chi connectivity index (χ3n) is 4.31. The summed E-state index contributed by atoms with van der Waals surface area (Å²) in [5.74, 6) is -1.18. The molecule has 1 aromatic heterocycles. The fraction of sp³-hybridized carbons (Fsp3) is 0.143. The Morgan fingerprint density at radius 1 is 0.939 bits per heavy atom. The SMILES string of the molecule is O=C(O)c1ccc(SN(Cc2ccc(C(F)(F)F)cc2)c2ncc(C(F)(F)F)cc2Cl)cc1. The number of aromatic carboxylic acids is 1. The summed E-state index contributed by atoms with van der Waals surface area (Å²) in [6.07, 6.45) is -8.57. The van der Waals surface area contributed by atoms with Crippen LogP contribution in [0.15, 0.2) is 65.7 Å². The van der Waals surface area contributed by atoms with Crippen molar-refractivity contribution in [1.82, 2.24) is 4.98 Å². The summed E-state index contributed by atoms with van der Waals surface area (Å²) in [7, 11) is 0. The first kappa shape index (κ1) is 24.7. The molecule has 0 saturated carbocycles. The Hall–Kier alpha value is -2.92. The Kier molecular flexibility index (Phi) is 7.13. The molecule has 4 nitrogen and oxygen atoms in total. The second-order valence-corrected chi connectivity index (χ2v) is 8.18. The molecule has 0 amide bonds. The van der Waals surface area contributed by atoms with Gasteiger partial charge in [0, 0.05) is 11.1 Å². The molecule has 0 unspecified atom stereocenters. The van der Waals surface area contributed by atoms with Gasteiger partial charge in [0.25, 0.3) is 0 Å². The van der Waals surface area contributed by atoms with Gasteiger partial charge in [-0.3, -0.25) is 4.31 Å². The van der Waals surface area contributed by atoms with Gasteiger partial charge in [-0.25, -0.2) is 9.78 Å². The molecular weight excluding hydrogens is 494 g/mol. The van der Waals surface area contributed by atoms with E-state index in [1.54, 1.807) is 0 Å². The van der Waals surface area contributed by atoms with E-state index in [4.69, 9.17) is 16.7 Å². The van der Waals surface area contributed by atoms with Gasteiger partial charge >= 0.3 is 18.3 Å². The van der Waals surface area contributed by atoms with E-state index < -0.39 is 29.4 Å². The molecule has 0 spiro atoms. The molecule has 0 aliphatic heterocycles. The van der Waals surface area contributed by atoms with Crippen LogP contribution in [0.25, 0.3) is 0 Å². The molecule has 2 aromatic carbocycles. The van der Waals surface area contributed by atoms with Gasteiger partial charge in [-0.05, 0) is 60.0 Å². The van der Waals surface area contributed by atoms with Gasteiger partial charge in [-0.2, -0.15) is 26.3 Å². The summed E-state index contributed by atoms with van der Waals surface area (Å²) in [5.41, 5.74) is -1.46. The van der Waals surface area contributed by atoms with Crippen LogP contribution in [0.5, 0.6) is 0 Å². The lowest BCUT2D eigenvalue weighted by Gasteiger charge is -2.24. The predicted octanol–water partition coefficient (Wildman–Crippen LogP) is 7.18. The minimum Gasteiger partial charge on any atom is -0.478 e. The first-order chi connectivity index (χ1) is 15.3. The lowest BCUT2D eigenvalue weighted by atomic mass is 10.1. The Balaban J connectivity index is 1.95. The molecule has 0 aliphatic carbocycles. The van der Waals surface area contributed by atoms with Gasteiger partial charge < -0.3 is 5.11 Å². The lowest BCUT2D eigenvalue weighted by molar-refractivity contribution is -0.138. The van der Waals surface area contributed by atoms with Gasteiger partial charge in [0.15, 0.2) is 5.82 Å². The average Bonchev–Trinajstić information content (AvgIpc) is 2.72. The second-order valence-electron chi connectivity index (χ2n) is 6.68. The van der Waals surface area contributed by atoms with Crippen molar-refractivity contribution < 1.29 is 36.2 Å². The standard InChI is InChI=1S/C21H13ClF6N2O2S/c22-17-9-15(21(26,27)28)10-29-18(17)30(33-16-7-3-13(4-8-16)19(31)32)11-12-1-5-14(6-2-12)20(23,24)25/h1-10H,11H2,(H,31,32). The number of anilines is 1. The maximum absolute atomic E-state index is 13.0. The first-order valence-corrected chi connectivity index (χ1v) is 10.2. The molecule has 0 bridgehead atoms. The van der Waals surface area contributed by atoms with Crippen molar-refractivity contribution in [3.05, 3.63) is 88.1 Å². The van der Waals surface area contributed by atoms with Crippen molar-refractivity contribution >= 4 is 35.3 Å². The molecule has 1 heterocycles. The Morgan fingerprint density at radius 2 is 1.52 bits per heavy atom. The third kappa shape index (κ3) is 6.32. The molecule has 0 aliphatic rings. The number of halogens is 7. The molecule has 1 N–H and O–H groups in total. The Labute approximate surface area is 192 Å². The topological polar surface area (TPSA) is 53.4 Å². The molecule has 0 radical (unpaired) electrons. The van der Waals surface area contributed by atoms with Gasteiger partial charge in [0.2, 0.25) is 0 Å². The van der Waals surface area contributed by atoms with Crippen LogP contribution in [0, 0.1) is 0 Å². The average molecular weight is 507 g/mol. The number of benzene rings is 2. The number of hydrogen-bond donors (Lipinski definition) is 1. The fourth-order valence-electron chi connectivity index (χ4n) is 2.67. The van der Waals surface area contributed by atoms with Crippen molar-refractivity contribution in [2.24, 2.45) is 0 Å². The van der Waals surface area contributed by atoms with Crippen molar-refractivity contribution in [2.45, 2.75) is 23.8 Å². The summed E-state index contributed by atoms with van der Waals surface area (Å²) in [6.45, 7) is -0.0540. The van der Waals surface area contributed by atoms with Gasteiger partial charge in [-0.1, -0.05) is 23.7 Å². The van der Waals surface area contributed by atoms with E-state index in [1.807, 2.05) is 0 Å². The van der Waals surface area contributed by atoms with E-state index >= 15 is 0 Å². The van der Waals surface area contributed by atoms with E-state index in [9.17, 15) is 31.1 Å². The number of nitrogens with zero attached hydrogens (tertiary/aromatic N) is 2. The normalized spacial score (nSPS) is 12.0. The van der Waals surface area contributed by atoms with Crippen LogP contribution in [-0.2, 0) is 18.9 Å². The Morgan fingerprint density at radius 3 is 2.00 bits per heavy atom. The Bertz CT molecular complexity index is 1140. The summed E-state index contributed by atoms with van der Waals surface area (Å²) in [5, 5.41) is 8.71. The summed E-state index contributed by atoms with van der Waals surface area (Å²) in [6, 6.07) is 10.6. The van der Waals surface area contributed by atoms with Crippen LogP contribution in [0.3, 0.4) is 0 Å². The highest BCUT2D eigenvalue weighted by molar-refractivity contribution is 8.00. The van der Waals surface area contributed by atoms with E-state index in [0.717, 1.165) is 24.1 Å². The van der Waals surface area contributed by atoms with E-state index in [0.29, 0.717) is 22.7 Å². The summed E-state index contributed by atoms with van der Waals surface area (Å²) >= 11 is 7.05. The summed E-state index contributed by atoms with van der Waals surface area (Å²) in [4.78, 5) is 15.4. The molecule has 0 atom stereocenters. The zero-order valence-corrected chi connectivity index (χ0v) is 17.9. The predicted molar refractivity (Wildman–Crippen MR) is 111 cm³/mol. The number of rotatable bonds is 6. The highest BCUT2D eigenvalue weighted by Gasteiger charge is 2.32. The van der Waals surface area contributed by atoms with Gasteiger partial charge in [0.05, 0.1) is 28.3 Å². The zero-order chi connectivity index (χ0) is 24.4. The number of aromatic nitrogens is 1. The van der Waals surface area contributed by atoms with E-state index in [1.165, 1.54) is 40.7 Å². The van der Waals surface area contributed by atoms with Crippen molar-refractivity contribution in [3.8, 4) is 0 Å². The highest BCUT2D eigenvalue weighted by Crippen LogP contribution is 2.38. The van der Waals surface area contributed by atoms with Crippen LogP contribution in [0.2, 0.25) is 5.02 Å². The monoisotopic (exact) mass is 506 g/mol. The van der Waals surface area contributed by atoms with Gasteiger partial charge in [0.1, 0.15) is 0 Å². The smallest absolute Gasteiger partial charge is 0.417 e. The number of hydrogen-bond acceptors (Lipinski definition) is 4. The number of carboxylic acids is 1. The third-order valence-corrected chi connectivity index (χ3v) is 5.59. The molecule has 3 rings (SSSR count). The van der Waals surface area contributed by atoms with Crippen LogP contribution in [0.4, 0.5) is 32.2 Å². The quantitative estimate of drug-likeness (QED) is 0.283. The minimum absolute atomic E-state index is 0.0272. The number of alkyl halides is 6. The van der Waals surface area contributed by atoms with Crippen LogP contribution in [-0.4, -0.2) is 16.1 Å². The summed E-state index contributed by atoms with van der Waals surface area (Å²) < 4.78 is 78.8. The van der Waals surface area contributed by atoms with Gasteiger partial charge in [-0.15, -0.1) is 0 Å². The molecule has 3 aromatic rings. The number of pyridine rings is 1. The molecular formula is C21H13ClF6N2O2S. The highest BCUT2D eigenvalue weighted by atomic mass is 35.5. The van der Waals surface area contributed by atoms with E-state index in [-0.39, 0.29) is 22.9 Å². The molecule has 33 heavy (non-hydrogen) atoms. The number of carbonyl (C=O) groups is 1. The van der Waals surface area contributed by atoms with Crippen molar-refractivity contribution in [2.75, 3.05) is 4.31 Å². The maximum atomic E-state index is 13.0. The number of carboxylic acid groups (broad SMARTS) is 1. The molecule has 12 heteroatoms. The lowest BCUT2D eigenvalue weighted by Crippen LogP contribution is -2.17. The van der Waals surface area contributed by atoms with Crippen molar-refractivity contribution in [1.29, 1.82) is 0 Å². The maximum Gasteiger partial charge on any atom is 0.417 e. The largest absolute Gasteiger partial charge is 0.478 e. The zero-order valence-electron chi connectivity index (χ0n) is 16.3. The first-order valence-electron chi connectivity index (χ1n) is 9.02. The van der Waals surface area contributed by atoms with Crippen LogP contribution < -0.4 is 4.31 Å². The van der Waals surface area contributed by atoms with Crippen molar-refractivity contribution in [3.63, 3.8) is 0 Å².